The summed E-state index contributed by atoms with van der Waals surface area (Å²) in [6.45, 7) is 4.04. The van der Waals surface area contributed by atoms with Crippen molar-refractivity contribution in [2.45, 2.75) is 45.6 Å². The molecule has 1 aromatic carbocycles. The molecule has 6 heteroatoms. The Morgan fingerprint density at radius 3 is 2.42 bits per heavy atom. The summed E-state index contributed by atoms with van der Waals surface area (Å²) in [5.41, 5.74) is 1.02. The second-order valence-corrected chi connectivity index (χ2v) is 5.86. The van der Waals surface area contributed by atoms with Crippen LogP contribution >= 0.6 is 0 Å². The van der Waals surface area contributed by atoms with Crippen LogP contribution in [0.2, 0.25) is 0 Å². The van der Waals surface area contributed by atoms with E-state index in [1.807, 2.05) is 32.0 Å². The summed E-state index contributed by atoms with van der Waals surface area (Å²) in [5, 5.41) is 8.79. The van der Waals surface area contributed by atoms with Crippen LogP contribution in [0.1, 0.15) is 38.7 Å². The van der Waals surface area contributed by atoms with Crippen molar-refractivity contribution in [2.24, 2.45) is 0 Å². The third-order valence-corrected chi connectivity index (χ3v) is 3.84. The van der Waals surface area contributed by atoms with Crippen LogP contribution in [0.4, 0.5) is 0 Å². The molecule has 0 fully saturated rings. The van der Waals surface area contributed by atoms with Crippen molar-refractivity contribution in [3.8, 4) is 11.5 Å². The van der Waals surface area contributed by atoms with Crippen LogP contribution < -0.4 is 9.47 Å². The highest BCUT2D eigenvalue weighted by atomic mass is 16.5. The molecular formula is C18H27NO5. The van der Waals surface area contributed by atoms with E-state index < -0.39 is 5.97 Å². The smallest absolute Gasteiger partial charge is 0.305 e. The van der Waals surface area contributed by atoms with Gasteiger partial charge in [-0.25, -0.2) is 0 Å². The number of methoxy groups -OCH3 is 2. The highest BCUT2D eigenvalue weighted by Crippen LogP contribution is 2.26. The van der Waals surface area contributed by atoms with Crippen molar-refractivity contribution >= 4 is 11.9 Å². The van der Waals surface area contributed by atoms with Gasteiger partial charge in [0.25, 0.3) is 0 Å². The minimum atomic E-state index is -0.892. The lowest BCUT2D eigenvalue weighted by molar-refractivity contribution is -0.139. The SMILES string of the molecule is COc1ccc(CCCC(=O)N(CCC(=O)O)C(C)C)c(OC)c1. The Morgan fingerprint density at radius 2 is 1.88 bits per heavy atom. The van der Waals surface area contributed by atoms with Crippen molar-refractivity contribution in [2.75, 3.05) is 20.8 Å². The minimum Gasteiger partial charge on any atom is -0.497 e. The van der Waals surface area contributed by atoms with E-state index in [0.29, 0.717) is 19.3 Å². The van der Waals surface area contributed by atoms with Gasteiger partial charge < -0.3 is 19.5 Å². The van der Waals surface area contributed by atoms with Gasteiger partial charge in [-0.15, -0.1) is 0 Å². The Kier molecular flexibility index (Phi) is 8.09. The highest BCUT2D eigenvalue weighted by molar-refractivity contribution is 5.77. The van der Waals surface area contributed by atoms with Crippen LogP contribution in [0.15, 0.2) is 18.2 Å². The van der Waals surface area contributed by atoms with Gasteiger partial charge in [-0.2, -0.15) is 0 Å². The number of aliphatic carboxylic acids is 1. The molecule has 0 bridgehead atoms. The molecule has 0 aliphatic carbocycles. The lowest BCUT2D eigenvalue weighted by Gasteiger charge is -2.26. The number of aryl methyl sites for hydroxylation is 1. The molecule has 0 aromatic heterocycles. The molecule has 0 saturated carbocycles. The minimum absolute atomic E-state index is 0.00706. The van der Waals surface area contributed by atoms with E-state index in [9.17, 15) is 9.59 Å². The fourth-order valence-electron chi connectivity index (χ4n) is 2.52. The number of hydrogen-bond donors (Lipinski definition) is 1. The monoisotopic (exact) mass is 337 g/mol. The summed E-state index contributed by atoms with van der Waals surface area (Å²) in [6, 6.07) is 5.62. The zero-order chi connectivity index (χ0) is 18.1. The zero-order valence-electron chi connectivity index (χ0n) is 14.9. The molecule has 0 aliphatic heterocycles. The predicted molar refractivity (Wildman–Crippen MR) is 91.6 cm³/mol. The Labute approximate surface area is 143 Å². The zero-order valence-corrected chi connectivity index (χ0v) is 14.9. The Bertz CT molecular complexity index is 556. The molecule has 0 saturated heterocycles. The molecule has 1 aromatic rings. The number of nitrogens with zero attached hydrogens (tertiary/aromatic N) is 1. The van der Waals surface area contributed by atoms with Gasteiger partial charge in [-0.3, -0.25) is 9.59 Å². The van der Waals surface area contributed by atoms with E-state index in [-0.39, 0.29) is 24.9 Å². The Hall–Kier alpha value is -2.24. The van der Waals surface area contributed by atoms with E-state index in [1.54, 1.807) is 19.1 Å². The quantitative estimate of drug-likeness (QED) is 0.710. The van der Waals surface area contributed by atoms with Crippen LogP contribution in [-0.2, 0) is 16.0 Å². The maximum atomic E-state index is 12.3. The van der Waals surface area contributed by atoms with E-state index >= 15 is 0 Å². The van der Waals surface area contributed by atoms with Crippen LogP contribution in [0, 0.1) is 0 Å². The molecule has 1 N–H and O–H groups in total. The van der Waals surface area contributed by atoms with Crippen molar-refractivity contribution in [3.63, 3.8) is 0 Å². The van der Waals surface area contributed by atoms with Gasteiger partial charge in [0.1, 0.15) is 11.5 Å². The number of carbonyl (C=O) groups excluding carboxylic acids is 1. The first-order valence-corrected chi connectivity index (χ1v) is 8.11. The number of carboxylic acids is 1. The van der Waals surface area contributed by atoms with Gasteiger partial charge in [0.2, 0.25) is 5.91 Å². The summed E-state index contributed by atoms with van der Waals surface area (Å²) >= 11 is 0. The topological polar surface area (TPSA) is 76.1 Å². The lowest BCUT2D eigenvalue weighted by Crippen LogP contribution is -2.38. The molecule has 1 rings (SSSR count). The Balaban J connectivity index is 2.58. The van der Waals surface area contributed by atoms with Crippen molar-refractivity contribution in [1.82, 2.24) is 4.90 Å². The number of amides is 1. The summed E-state index contributed by atoms with van der Waals surface area (Å²) in [7, 11) is 3.21. The summed E-state index contributed by atoms with van der Waals surface area (Å²) in [6.07, 6.45) is 1.74. The van der Waals surface area contributed by atoms with Crippen LogP contribution in [0.5, 0.6) is 11.5 Å². The maximum absolute atomic E-state index is 12.3. The first kappa shape index (κ1) is 19.8. The average Bonchev–Trinajstić information content (AvgIpc) is 2.54. The second kappa shape index (κ2) is 9.80. The number of carbonyl (C=O) groups is 2. The van der Waals surface area contributed by atoms with Crippen molar-refractivity contribution in [3.05, 3.63) is 23.8 Å². The normalized spacial score (nSPS) is 10.5. The van der Waals surface area contributed by atoms with Crippen LogP contribution in [-0.4, -0.2) is 48.7 Å². The first-order chi connectivity index (χ1) is 11.4. The van der Waals surface area contributed by atoms with Gasteiger partial charge in [-0.1, -0.05) is 6.07 Å². The van der Waals surface area contributed by atoms with Gasteiger partial charge in [0, 0.05) is 25.1 Å². The molecule has 1 amide bonds. The highest BCUT2D eigenvalue weighted by Gasteiger charge is 2.17. The van der Waals surface area contributed by atoms with Gasteiger partial charge >= 0.3 is 5.97 Å². The molecule has 0 aliphatic rings. The largest absolute Gasteiger partial charge is 0.497 e. The third kappa shape index (κ3) is 6.10. The first-order valence-electron chi connectivity index (χ1n) is 8.11. The number of hydrogen-bond acceptors (Lipinski definition) is 4. The molecule has 6 nitrogen and oxygen atoms in total. The molecule has 0 heterocycles. The maximum Gasteiger partial charge on any atom is 0.305 e. The summed E-state index contributed by atoms with van der Waals surface area (Å²) in [5.74, 6) is 0.565. The van der Waals surface area contributed by atoms with Crippen molar-refractivity contribution in [1.29, 1.82) is 0 Å². The molecule has 134 valence electrons. The van der Waals surface area contributed by atoms with E-state index in [1.165, 1.54) is 0 Å². The molecule has 0 unspecified atom stereocenters. The molecular weight excluding hydrogens is 310 g/mol. The summed E-state index contributed by atoms with van der Waals surface area (Å²) < 4.78 is 10.5. The number of ether oxygens (including phenoxy) is 2. The molecule has 0 radical (unpaired) electrons. The van der Waals surface area contributed by atoms with Gasteiger partial charge in [-0.05, 0) is 38.3 Å². The fraction of sp³-hybridized carbons (Fsp3) is 0.556. The average molecular weight is 337 g/mol. The van der Waals surface area contributed by atoms with E-state index in [2.05, 4.69) is 0 Å². The fourth-order valence-corrected chi connectivity index (χ4v) is 2.52. The molecule has 0 atom stereocenters. The van der Waals surface area contributed by atoms with Crippen LogP contribution in [0.3, 0.4) is 0 Å². The van der Waals surface area contributed by atoms with E-state index in [0.717, 1.165) is 17.1 Å². The number of rotatable bonds is 10. The third-order valence-electron chi connectivity index (χ3n) is 3.84. The predicted octanol–water partition coefficient (Wildman–Crippen LogP) is 2.74. The Morgan fingerprint density at radius 1 is 1.17 bits per heavy atom. The van der Waals surface area contributed by atoms with Gasteiger partial charge in [0.05, 0.1) is 20.6 Å². The van der Waals surface area contributed by atoms with Crippen molar-refractivity contribution < 1.29 is 24.2 Å². The molecule has 0 spiro atoms. The number of carboxylic acid groups (broad SMARTS) is 1. The molecule has 24 heavy (non-hydrogen) atoms. The second-order valence-electron chi connectivity index (χ2n) is 5.86. The van der Waals surface area contributed by atoms with E-state index in [4.69, 9.17) is 14.6 Å². The van der Waals surface area contributed by atoms with Gasteiger partial charge in [0.15, 0.2) is 0 Å². The van der Waals surface area contributed by atoms with Crippen LogP contribution in [0.25, 0.3) is 0 Å². The lowest BCUT2D eigenvalue weighted by atomic mass is 10.1. The number of benzene rings is 1. The summed E-state index contributed by atoms with van der Waals surface area (Å²) in [4.78, 5) is 24.7. The standard InChI is InChI=1S/C18H27NO5/c1-13(2)19(11-10-18(21)22)17(20)7-5-6-14-8-9-15(23-3)12-16(14)24-4/h8-9,12-13H,5-7,10-11H2,1-4H3,(H,21,22).